The van der Waals surface area contributed by atoms with Gasteiger partial charge in [0.15, 0.2) is 12.6 Å². The smallest absolute Gasteiger partial charge is 0.220 e. The molecule has 100 heavy (non-hydrogen) atoms. The number of amides is 1. The second-order valence-corrected chi connectivity index (χ2v) is 29.6. The van der Waals surface area contributed by atoms with E-state index < -0.39 is 86.8 Å². The number of nitrogens with one attached hydrogen (secondary N) is 1. The number of carbonyl (C=O) groups excluding carboxylic acids is 1. The Morgan fingerprint density at radius 1 is 0.360 bits per heavy atom. The van der Waals surface area contributed by atoms with Gasteiger partial charge in [0.1, 0.15) is 48.8 Å². The van der Waals surface area contributed by atoms with Crippen LogP contribution in [0.4, 0.5) is 0 Å². The van der Waals surface area contributed by atoms with Crippen molar-refractivity contribution in [3.8, 4) is 0 Å². The molecule has 14 heteroatoms. The van der Waals surface area contributed by atoms with Crippen molar-refractivity contribution in [2.75, 3.05) is 19.8 Å². The Morgan fingerprint density at radius 2 is 0.670 bits per heavy atom. The number of unbranched alkanes of at least 4 members (excludes halogenated alkanes) is 48. The number of hydrogen-bond acceptors (Lipinski definition) is 13. The summed E-state index contributed by atoms with van der Waals surface area (Å²) in [6.07, 6.45) is 80.0. The fourth-order valence-corrected chi connectivity index (χ4v) is 13.7. The molecule has 2 aliphatic rings. The first-order valence-electron chi connectivity index (χ1n) is 42.2. The van der Waals surface area contributed by atoms with Crippen molar-refractivity contribution in [1.29, 1.82) is 0 Å². The van der Waals surface area contributed by atoms with Crippen LogP contribution in [0.5, 0.6) is 0 Å². The predicted octanol–water partition coefficient (Wildman–Crippen LogP) is 19.7. The van der Waals surface area contributed by atoms with Crippen LogP contribution in [0.25, 0.3) is 0 Å². The van der Waals surface area contributed by atoms with Gasteiger partial charge >= 0.3 is 0 Å². The Morgan fingerprint density at radius 3 is 1.05 bits per heavy atom. The Balaban J connectivity index is 1.61. The van der Waals surface area contributed by atoms with E-state index in [1.54, 1.807) is 6.08 Å². The molecule has 584 valence electrons. The molecule has 9 N–H and O–H groups in total. The lowest BCUT2D eigenvalue weighted by Gasteiger charge is -2.46. The van der Waals surface area contributed by atoms with E-state index in [0.717, 1.165) is 57.8 Å². The third-order valence-electron chi connectivity index (χ3n) is 20.3. The standard InChI is InChI=1S/C86H157NO13/c1-3-5-7-9-11-13-15-17-19-21-23-25-27-29-31-33-34-35-36-37-38-39-40-42-44-46-48-50-52-54-56-58-60-62-64-66-68-70-78(91)87-74(73-97-85-83(96)81(94)84(77(72-89)99-85)100-86-82(95)80(93)79(92)76(71-88)98-86)75(90)69-67-65-63-61-59-57-55-53-51-49-47-45-43-41-32-30-28-26-24-22-20-18-16-14-12-10-8-6-4-2/h15,17,21,23,27,29,51,53,59,61,67,69,74-77,79-86,88-90,92-96H,3-14,16,18-20,22,24-26,28,30-50,52,54-58,60,62-66,68,70-73H2,1-2H3,(H,87,91)/b17-15-,23-21-,29-27-,53-51+,61-59+,69-67+. The van der Waals surface area contributed by atoms with E-state index in [9.17, 15) is 45.6 Å². The summed E-state index contributed by atoms with van der Waals surface area (Å²) in [5.41, 5.74) is 0. The topological polar surface area (TPSA) is 228 Å². The number of ether oxygens (including phenoxy) is 4. The maximum absolute atomic E-state index is 13.4. The van der Waals surface area contributed by atoms with E-state index in [2.05, 4.69) is 79.9 Å². The van der Waals surface area contributed by atoms with Crippen LogP contribution in [-0.4, -0.2) is 140 Å². The predicted molar refractivity (Wildman–Crippen MR) is 415 cm³/mol. The average Bonchev–Trinajstić information content (AvgIpc) is 0.791. The summed E-state index contributed by atoms with van der Waals surface area (Å²) >= 11 is 0. The van der Waals surface area contributed by atoms with Gasteiger partial charge in [-0.25, -0.2) is 0 Å². The molecule has 14 nitrogen and oxygen atoms in total. The summed E-state index contributed by atoms with van der Waals surface area (Å²) in [6.45, 7) is 2.82. The number of aliphatic hydroxyl groups is 8. The Hall–Kier alpha value is -2.57. The first kappa shape index (κ1) is 93.5. The van der Waals surface area contributed by atoms with Gasteiger partial charge in [-0.05, 0) is 83.5 Å². The molecule has 0 radical (unpaired) electrons. The zero-order valence-corrected chi connectivity index (χ0v) is 64.2. The summed E-state index contributed by atoms with van der Waals surface area (Å²) < 4.78 is 22.9. The van der Waals surface area contributed by atoms with Crippen LogP contribution in [0.1, 0.15) is 373 Å². The first-order chi connectivity index (χ1) is 49.1. The largest absolute Gasteiger partial charge is 0.394 e. The van der Waals surface area contributed by atoms with Crippen LogP contribution in [0, 0.1) is 0 Å². The molecule has 12 unspecified atom stereocenters. The maximum Gasteiger partial charge on any atom is 0.220 e. The minimum absolute atomic E-state index is 0.248. The van der Waals surface area contributed by atoms with Crippen molar-refractivity contribution in [2.45, 2.75) is 447 Å². The number of aliphatic hydroxyl groups excluding tert-OH is 8. The van der Waals surface area contributed by atoms with Crippen LogP contribution in [0.3, 0.4) is 0 Å². The maximum atomic E-state index is 13.4. The molecule has 2 heterocycles. The van der Waals surface area contributed by atoms with Crippen LogP contribution in [-0.2, 0) is 23.7 Å². The van der Waals surface area contributed by atoms with Crippen LogP contribution in [0.15, 0.2) is 72.9 Å². The monoisotopic (exact) mass is 1410 g/mol. The van der Waals surface area contributed by atoms with Crippen molar-refractivity contribution in [3.63, 3.8) is 0 Å². The fourth-order valence-electron chi connectivity index (χ4n) is 13.7. The van der Waals surface area contributed by atoms with Crippen molar-refractivity contribution in [2.24, 2.45) is 0 Å². The van der Waals surface area contributed by atoms with E-state index >= 15 is 0 Å². The summed E-state index contributed by atoms with van der Waals surface area (Å²) in [6, 6.07) is -0.942. The van der Waals surface area contributed by atoms with E-state index in [1.165, 1.54) is 283 Å². The first-order valence-corrected chi connectivity index (χ1v) is 42.2. The van der Waals surface area contributed by atoms with Crippen molar-refractivity contribution in [3.05, 3.63) is 72.9 Å². The molecule has 2 fully saturated rings. The van der Waals surface area contributed by atoms with Gasteiger partial charge in [-0.3, -0.25) is 4.79 Å². The molecule has 12 atom stereocenters. The molecule has 2 aliphatic heterocycles. The molecule has 0 bridgehead atoms. The molecule has 0 aromatic rings. The summed E-state index contributed by atoms with van der Waals surface area (Å²) in [7, 11) is 0. The van der Waals surface area contributed by atoms with E-state index in [4.69, 9.17) is 18.9 Å². The SMILES string of the molecule is CCCCCCC/C=C\C/C=C\C/C=C\CCCCCCCCCCCCCCCCCCCCCCCCC(=O)NC(COC1OC(CO)C(OC2OC(CO)C(O)C(O)C2O)C(O)C1O)C(O)/C=C/CC/C=C/CC/C=C/CCCCCCCCCCCCCCCCCCCCC. The van der Waals surface area contributed by atoms with Gasteiger partial charge in [-0.15, -0.1) is 0 Å². The summed E-state index contributed by atoms with van der Waals surface area (Å²) in [5, 5.41) is 87.7. The highest BCUT2D eigenvalue weighted by Crippen LogP contribution is 2.30. The van der Waals surface area contributed by atoms with Gasteiger partial charge in [0, 0.05) is 6.42 Å². The molecule has 0 aromatic carbocycles. The highest BCUT2D eigenvalue weighted by atomic mass is 16.7. The van der Waals surface area contributed by atoms with Gasteiger partial charge < -0.3 is 65.1 Å². The molecular weight excluding hydrogens is 1250 g/mol. The Kier molecular flexibility index (Phi) is 65.0. The van der Waals surface area contributed by atoms with E-state index in [0.29, 0.717) is 12.8 Å². The molecule has 0 spiro atoms. The van der Waals surface area contributed by atoms with Gasteiger partial charge in [0.25, 0.3) is 0 Å². The molecule has 2 rings (SSSR count). The zero-order valence-electron chi connectivity index (χ0n) is 64.2. The Labute approximate surface area is 612 Å². The summed E-state index contributed by atoms with van der Waals surface area (Å²) in [5.74, 6) is -0.248. The number of hydrogen-bond donors (Lipinski definition) is 9. The minimum Gasteiger partial charge on any atom is -0.394 e. The molecule has 0 aromatic heterocycles. The number of carbonyl (C=O) groups is 1. The van der Waals surface area contributed by atoms with E-state index in [-0.39, 0.29) is 18.9 Å². The van der Waals surface area contributed by atoms with Crippen LogP contribution in [0.2, 0.25) is 0 Å². The molecule has 0 aliphatic carbocycles. The van der Waals surface area contributed by atoms with Crippen LogP contribution >= 0.6 is 0 Å². The second kappa shape index (κ2) is 69.5. The fraction of sp³-hybridized carbons (Fsp3) is 0.849. The average molecular weight is 1410 g/mol. The van der Waals surface area contributed by atoms with E-state index in [1.807, 2.05) is 6.08 Å². The van der Waals surface area contributed by atoms with Crippen molar-refractivity contribution < 1.29 is 64.6 Å². The molecule has 1 amide bonds. The normalized spacial score (nSPS) is 22.2. The third-order valence-corrected chi connectivity index (χ3v) is 20.3. The third kappa shape index (κ3) is 51.6. The zero-order chi connectivity index (χ0) is 72.2. The Bertz CT molecular complexity index is 1960. The van der Waals surface area contributed by atoms with Gasteiger partial charge in [0.2, 0.25) is 5.91 Å². The lowest BCUT2D eigenvalue weighted by atomic mass is 9.97. The molecule has 0 saturated carbocycles. The summed E-state index contributed by atoms with van der Waals surface area (Å²) in [4.78, 5) is 13.4. The van der Waals surface area contributed by atoms with Gasteiger partial charge in [-0.1, -0.05) is 356 Å². The highest BCUT2D eigenvalue weighted by molar-refractivity contribution is 5.76. The lowest BCUT2D eigenvalue weighted by molar-refractivity contribution is -0.359. The van der Waals surface area contributed by atoms with Gasteiger partial charge in [-0.2, -0.15) is 0 Å². The molecular formula is C86H157NO13. The van der Waals surface area contributed by atoms with Crippen molar-refractivity contribution in [1.82, 2.24) is 5.32 Å². The highest BCUT2D eigenvalue weighted by Gasteiger charge is 2.51. The number of allylic oxidation sites excluding steroid dienone is 11. The quantitative estimate of drug-likeness (QED) is 0.0204. The van der Waals surface area contributed by atoms with Crippen molar-refractivity contribution >= 4 is 5.91 Å². The molecule has 2 saturated heterocycles. The van der Waals surface area contributed by atoms with Gasteiger partial charge in [0.05, 0.1) is 32.0 Å². The minimum atomic E-state index is -1.80. The van der Waals surface area contributed by atoms with Crippen LogP contribution < -0.4 is 5.32 Å². The number of rotatable bonds is 71. The second-order valence-electron chi connectivity index (χ2n) is 29.6. The lowest BCUT2D eigenvalue weighted by Crippen LogP contribution is -2.65.